The van der Waals surface area contributed by atoms with Crippen molar-refractivity contribution in [1.29, 1.82) is 0 Å². The minimum absolute atomic E-state index is 0.716. The smallest absolute Gasteiger partial charge is 0.0454 e. The number of piperazine rings is 2. The molecule has 4 heteroatoms. The van der Waals surface area contributed by atoms with Gasteiger partial charge in [-0.1, -0.05) is 6.07 Å². The summed E-state index contributed by atoms with van der Waals surface area (Å²) in [6.45, 7) is 8.39. The number of nitrogens with one attached hydrogen (secondary N) is 1. The van der Waals surface area contributed by atoms with Crippen molar-refractivity contribution < 1.29 is 0 Å². The van der Waals surface area contributed by atoms with Crippen LogP contribution in [0.4, 0.5) is 0 Å². The van der Waals surface area contributed by atoms with E-state index in [2.05, 4.69) is 51.0 Å². The van der Waals surface area contributed by atoms with Crippen LogP contribution in [-0.2, 0) is 6.54 Å². The second-order valence-corrected chi connectivity index (χ2v) is 6.59. The molecule has 1 atom stereocenters. The highest BCUT2D eigenvalue weighted by Gasteiger charge is 2.30. The van der Waals surface area contributed by atoms with E-state index in [-0.39, 0.29) is 0 Å². The average molecular weight is 284 g/mol. The van der Waals surface area contributed by atoms with Gasteiger partial charge in [-0.25, -0.2) is 0 Å². The van der Waals surface area contributed by atoms with Crippen molar-refractivity contribution >= 4 is 10.9 Å². The first-order valence-electron chi connectivity index (χ1n) is 7.99. The Bertz CT molecular complexity index is 620. The standard InChI is InChI=1S/C17H24N4/c1-19-6-8-21-9-7-20(13-16(21)12-19)11-14-2-3-17-15(10-14)4-5-18-17/h2-5,10,16,18H,6-9,11-13H2,1H3/t16-/m1/s1. The zero-order valence-electron chi connectivity index (χ0n) is 12.8. The summed E-state index contributed by atoms with van der Waals surface area (Å²) in [6.07, 6.45) is 2.02. The minimum Gasteiger partial charge on any atom is -0.361 e. The van der Waals surface area contributed by atoms with Gasteiger partial charge in [0.05, 0.1) is 0 Å². The zero-order valence-corrected chi connectivity index (χ0v) is 12.8. The number of nitrogens with zero attached hydrogens (tertiary/aromatic N) is 3. The fraction of sp³-hybridized carbons (Fsp3) is 0.529. The van der Waals surface area contributed by atoms with E-state index in [0.717, 1.165) is 6.54 Å². The van der Waals surface area contributed by atoms with Gasteiger partial charge in [0, 0.05) is 63.6 Å². The number of likely N-dealkylation sites (N-methyl/N-ethyl adjacent to an activating group) is 1. The Morgan fingerprint density at radius 1 is 1.10 bits per heavy atom. The molecule has 2 aliphatic heterocycles. The number of rotatable bonds is 2. The third kappa shape index (κ3) is 2.71. The first-order valence-corrected chi connectivity index (χ1v) is 7.99. The van der Waals surface area contributed by atoms with Gasteiger partial charge in [0.2, 0.25) is 0 Å². The van der Waals surface area contributed by atoms with Crippen molar-refractivity contribution in [3.8, 4) is 0 Å². The number of aromatic nitrogens is 1. The van der Waals surface area contributed by atoms with E-state index in [1.807, 2.05) is 6.20 Å². The SMILES string of the molecule is CN1CCN2CCN(Cc3ccc4[nH]ccc4c3)C[C@H]2C1. The first kappa shape index (κ1) is 13.3. The lowest BCUT2D eigenvalue weighted by Gasteiger charge is -2.46. The van der Waals surface area contributed by atoms with Gasteiger partial charge < -0.3 is 9.88 Å². The fourth-order valence-electron chi connectivity index (χ4n) is 3.78. The van der Waals surface area contributed by atoms with Gasteiger partial charge in [0.15, 0.2) is 0 Å². The van der Waals surface area contributed by atoms with Crippen LogP contribution in [0.2, 0.25) is 0 Å². The quantitative estimate of drug-likeness (QED) is 0.907. The predicted octanol–water partition coefficient (Wildman–Crippen LogP) is 1.60. The number of aromatic amines is 1. The van der Waals surface area contributed by atoms with Gasteiger partial charge in [-0.3, -0.25) is 9.80 Å². The van der Waals surface area contributed by atoms with Crippen LogP contribution in [0.1, 0.15) is 5.56 Å². The van der Waals surface area contributed by atoms with E-state index in [1.54, 1.807) is 0 Å². The van der Waals surface area contributed by atoms with E-state index < -0.39 is 0 Å². The summed E-state index contributed by atoms with van der Waals surface area (Å²) >= 11 is 0. The summed E-state index contributed by atoms with van der Waals surface area (Å²) in [6, 6.07) is 9.67. The minimum atomic E-state index is 0.716. The molecular weight excluding hydrogens is 260 g/mol. The Morgan fingerprint density at radius 2 is 2.00 bits per heavy atom. The van der Waals surface area contributed by atoms with Crippen molar-refractivity contribution in [1.82, 2.24) is 19.7 Å². The molecule has 0 saturated carbocycles. The number of H-pyrrole nitrogens is 1. The van der Waals surface area contributed by atoms with Crippen molar-refractivity contribution in [3.05, 3.63) is 36.0 Å². The van der Waals surface area contributed by atoms with Gasteiger partial charge in [-0.05, 0) is 36.2 Å². The molecule has 1 aromatic carbocycles. The number of fused-ring (bicyclic) bond motifs is 2. The molecule has 0 aliphatic carbocycles. The van der Waals surface area contributed by atoms with Gasteiger partial charge in [0.25, 0.3) is 0 Å². The molecule has 21 heavy (non-hydrogen) atoms. The van der Waals surface area contributed by atoms with Gasteiger partial charge in [-0.2, -0.15) is 0 Å². The van der Waals surface area contributed by atoms with Crippen molar-refractivity contribution in [2.45, 2.75) is 12.6 Å². The van der Waals surface area contributed by atoms with Crippen LogP contribution < -0.4 is 0 Å². The zero-order chi connectivity index (χ0) is 14.2. The van der Waals surface area contributed by atoms with Gasteiger partial charge in [0.1, 0.15) is 0 Å². The highest BCUT2D eigenvalue weighted by atomic mass is 15.3. The molecule has 0 amide bonds. The molecule has 2 aromatic rings. The van der Waals surface area contributed by atoms with Crippen LogP contribution in [0.3, 0.4) is 0 Å². The lowest BCUT2D eigenvalue weighted by molar-refractivity contribution is 0.0175. The maximum atomic E-state index is 3.27. The molecule has 4 rings (SSSR count). The lowest BCUT2D eigenvalue weighted by Crippen LogP contribution is -2.60. The maximum absolute atomic E-state index is 3.27. The van der Waals surface area contributed by atoms with Crippen LogP contribution in [0, 0.1) is 0 Å². The van der Waals surface area contributed by atoms with Crippen molar-refractivity contribution in [3.63, 3.8) is 0 Å². The number of hydrogen-bond donors (Lipinski definition) is 1. The molecular formula is C17H24N4. The molecule has 0 spiro atoms. The summed E-state index contributed by atoms with van der Waals surface area (Å²) < 4.78 is 0. The number of benzene rings is 1. The molecule has 0 radical (unpaired) electrons. The molecule has 2 fully saturated rings. The average Bonchev–Trinajstić information content (AvgIpc) is 2.94. The summed E-state index contributed by atoms with van der Waals surface area (Å²) in [5, 5.41) is 1.32. The fourth-order valence-corrected chi connectivity index (χ4v) is 3.78. The molecule has 0 unspecified atom stereocenters. The van der Waals surface area contributed by atoms with Crippen LogP contribution in [0.5, 0.6) is 0 Å². The highest BCUT2D eigenvalue weighted by Crippen LogP contribution is 2.19. The molecule has 4 nitrogen and oxygen atoms in total. The third-order valence-corrected chi connectivity index (χ3v) is 5.00. The topological polar surface area (TPSA) is 25.5 Å². The Morgan fingerprint density at radius 3 is 2.95 bits per heavy atom. The predicted molar refractivity (Wildman–Crippen MR) is 86.4 cm³/mol. The molecule has 1 aromatic heterocycles. The van der Waals surface area contributed by atoms with Crippen molar-refractivity contribution in [2.75, 3.05) is 46.3 Å². The Hall–Kier alpha value is -1.36. The second-order valence-electron chi connectivity index (χ2n) is 6.59. The van der Waals surface area contributed by atoms with Crippen molar-refractivity contribution in [2.24, 2.45) is 0 Å². The van der Waals surface area contributed by atoms with Gasteiger partial charge >= 0.3 is 0 Å². The molecule has 0 bridgehead atoms. The Balaban J connectivity index is 1.44. The van der Waals surface area contributed by atoms with E-state index in [0.29, 0.717) is 6.04 Å². The van der Waals surface area contributed by atoms with Crippen LogP contribution >= 0.6 is 0 Å². The lowest BCUT2D eigenvalue weighted by atomic mass is 10.1. The summed E-state index contributed by atoms with van der Waals surface area (Å²) in [5.41, 5.74) is 2.66. The van der Waals surface area contributed by atoms with Gasteiger partial charge in [-0.15, -0.1) is 0 Å². The van der Waals surface area contributed by atoms with E-state index in [1.165, 1.54) is 55.7 Å². The summed E-state index contributed by atoms with van der Waals surface area (Å²) in [4.78, 5) is 11.0. The second kappa shape index (κ2) is 5.44. The summed E-state index contributed by atoms with van der Waals surface area (Å²) in [7, 11) is 2.25. The normalized spacial score (nSPS) is 25.3. The highest BCUT2D eigenvalue weighted by molar-refractivity contribution is 5.79. The maximum Gasteiger partial charge on any atom is 0.0454 e. The van der Waals surface area contributed by atoms with E-state index >= 15 is 0 Å². The third-order valence-electron chi connectivity index (χ3n) is 5.00. The summed E-state index contributed by atoms with van der Waals surface area (Å²) in [5.74, 6) is 0. The molecule has 3 heterocycles. The molecule has 2 saturated heterocycles. The number of hydrogen-bond acceptors (Lipinski definition) is 3. The largest absolute Gasteiger partial charge is 0.361 e. The van der Waals surface area contributed by atoms with Crippen LogP contribution in [0.15, 0.2) is 30.5 Å². The van der Waals surface area contributed by atoms with Crippen LogP contribution in [-0.4, -0.2) is 72.0 Å². The van der Waals surface area contributed by atoms with E-state index in [9.17, 15) is 0 Å². The van der Waals surface area contributed by atoms with E-state index in [4.69, 9.17) is 0 Å². The molecule has 112 valence electrons. The first-order chi connectivity index (χ1) is 10.3. The Kier molecular flexibility index (Phi) is 3.45. The molecule has 1 N–H and O–H groups in total. The van der Waals surface area contributed by atoms with Crippen LogP contribution in [0.25, 0.3) is 10.9 Å². The Labute approximate surface area is 126 Å². The monoisotopic (exact) mass is 284 g/mol. The molecule has 2 aliphatic rings.